The van der Waals surface area contributed by atoms with Crippen molar-refractivity contribution in [2.24, 2.45) is 0 Å². The van der Waals surface area contributed by atoms with Crippen LogP contribution in [0.1, 0.15) is 5.69 Å². The van der Waals surface area contributed by atoms with E-state index in [1.807, 2.05) is 0 Å². The number of rotatable bonds is 0. The number of fused-ring (bicyclic) bond motifs is 1. The highest BCUT2D eigenvalue weighted by molar-refractivity contribution is 5.79. The highest BCUT2D eigenvalue weighted by atomic mass is 16.7. The van der Waals surface area contributed by atoms with Crippen LogP contribution in [0.2, 0.25) is 0 Å². The van der Waals surface area contributed by atoms with E-state index in [0.717, 1.165) is 0 Å². The Kier molecular flexibility index (Phi) is 3.70. The molecular weight excluding hydrogens is 234 g/mol. The first-order valence-corrected chi connectivity index (χ1v) is 5.29. The molecular formula is C12H11N3O3. The number of pyridine rings is 2. The van der Waals surface area contributed by atoms with Crippen LogP contribution in [0.5, 0.6) is 5.75 Å². The molecule has 2 aromatic rings. The number of aromatic amines is 1. The topological polar surface area (TPSA) is 84.1 Å². The minimum Gasteiger partial charge on any atom is -0.378 e. The summed E-state index contributed by atoms with van der Waals surface area (Å²) in [7, 11) is 0. The van der Waals surface area contributed by atoms with Crippen molar-refractivity contribution in [2.75, 3.05) is 0 Å². The number of amides is 1. The van der Waals surface area contributed by atoms with Crippen molar-refractivity contribution < 1.29 is 9.63 Å². The van der Waals surface area contributed by atoms with Crippen LogP contribution in [0.4, 0.5) is 0 Å². The Morgan fingerprint density at radius 3 is 2.72 bits per heavy atom. The first-order chi connectivity index (χ1) is 8.75. The summed E-state index contributed by atoms with van der Waals surface area (Å²) in [5, 5.41) is 0. The van der Waals surface area contributed by atoms with Crippen LogP contribution in [-0.4, -0.2) is 15.9 Å². The molecule has 0 aliphatic carbocycles. The second kappa shape index (κ2) is 5.62. The fraction of sp³-hybridized carbons (Fsp3) is 0.0833. The van der Waals surface area contributed by atoms with Gasteiger partial charge in [0.1, 0.15) is 0 Å². The lowest BCUT2D eigenvalue weighted by atomic mass is 10.2. The largest absolute Gasteiger partial charge is 0.378 e. The molecule has 0 bridgehead atoms. The lowest BCUT2D eigenvalue weighted by molar-refractivity contribution is -0.128. The van der Waals surface area contributed by atoms with Gasteiger partial charge in [0, 0.05) is 18.5 Å². The third-order valence-corrected chi connectivity index (χ3v) is 2.13. The molecule has 0 saturated heterocycles. The molecule has 0 fully saturated rings. The Balaban J connectivity index is 0.000000149. The van der Waals surface area contributed by atoms with E-state index in [2.05, 4.69) is 15.4 Å². The van der Waals surface area contributed by atoms with Crippen LogP contribution in [0.15, 0.2) is 47.5 Å². The zero-order chi connectivity index (χ0) is 12.8. The molecule has 1 aliphatic rings. The van der Waals surface area contributed by atoms with Gasteiger partial charge in [-0.05, 0) is 18.2 Å². The molecule has 92 valence electrons. The minimum atomic E-state index is -0.156. The number of H-pyrrole nitrogens is 1. The van der Waals surface area contributed by atoms with Crippen molar-refractivity contribution in [1.29, 1.82) is 0 Å². The van der Waals surface area contributed by atoms with Crippen molar-refractivity contribution in [3.8, 4) is 5.75 Å². The molecule has 18 heavy (non-hydrogen) atoms. The van der Waals surface area contributed by atoms with Gasteiger partial charge in [0.25, 0.3) is 5.91 Å². The zero-order valence-electron chi connectivity index (χ0n) is 9.42. The first kappa shape index (κ1) is 11.8. The number of hydrogen-bond acceptors (Lipinski definition) is 4. The molecule has 6 heteroatoms. The van der Waals surface area contributed by atoms with Gasteiger partial charge in [0.15, 0.2) is 5.75 Å². The fourth-order valence-corrected chi connectivity index (χ4v) is 1.33. The summed E-state index contributed by atoms with van der Waals surface area (Å²) < 4.78 is 0. The normalized spacial score (nSPS) is 12.3. The molecule has 2 aromatic heterocycles. The van der Waals surface area contributed by atoms with Gasteiger partial charge >= 0.3 is 0 Å². The summed E-state index contributed by atoms with van der Waals surface area (Å²) in [6, 6.07) is 8.46. The number of hydrogen-bond donors (Lipinski definition) is 2. The average Bonchev–Trinajstić information content (AvgIpc) is 2.40. The van der Waals surface area contributed by atoms with Crippen molar-refractivity contribution in [2.45, 2.75) is 6.42 Å². The molecule has 6 nitrogen and oxygen atoms in total. The number of nitrogens with one attached hydrogen (secondary N) is 2. The Morgan fingerprint density at radius 1 is 1.17 bits per heavy atom. The van der Waals surface area contributed by atoms with E-state index in [0.29, 0.717) is 17.9 Å². The predicted molar refractivity (Wildman–Crippen MR) is 63.8 cm³/mol. The molecule has 1 aliphatic heterocycles. The summed E-state index contributed by atoms with van der Waals surface area (Å²) >= 11 is 0. The van der Waals surface area contributed by atoms with E-state index in [-0.39, 0.29) is 11.5 Å². The lowest BCUT2D eigenvalue weighted by Crippen LogP contribution is -2.33. The molecule has 0 radical (unpaired) electrons. The second-order valence-corrected chi connectivity index (χ2v) is 3.48. The maximum absolute atomic E-state index is 10.7. The van der Waals surface area contributed by atoms with E-state index >= 15 is 0 Å². The number of nitrogens with zero attached hydrogens (tertiary/aromatic N) is 1. The molecule has 0 atom stereocenters. The lowest BCUT2D eigenvalue weighted by Gasteiger charge is -2.14. The molecule has 0 spiro atoms. The van der Waals surface area contributed by atoms with Gasteiger partial charge in [-0.3, -0.25) is 14.6 Å². The third-order valence-electron chi connectivity index (χ3n) is 2.13. The molecule has 2 N–H and O–H groups in total. The molecule has 0 saturated carbocycles. The van der Waals surface area contributed by atoms with E-state index in [9.17, 15) is 9.59 Å². The van der Waals surface area contributed by atoms with Gasteiger partial charge in [-0.25, -0.2) is 0 Å². The van der Waals surface area contributed by atoms with E-state index in [1.54, 1.807) is 36.7 Å². The van der Waals surface area contributed by atoms with Crippen molar-refractivity contribution in [3.63, 3.8) is 0 Å². The van der Waals surface area contributed by atoms with Crippen molar-refractivity contribution in [3.05, 3.63) is 58.8 Å². The highest BCUT2D eigenvalue weighted by Gasteiger charge is 2.16. The summed E-state index contributed by atoms with van der Waals surface area (Å²) in [5.74, 6) is 0.475. The Hall–Kier alpha value is -2.63. The summed E-state index contributed by atoms with van der Waals surface area (Å²) in [6.45, 7) is 0. The average molecular weight is 245 g/mol. The monoisotopic (exact) mass is 245 g/mol. The van der Waals surface area contributed by atoms with Gasteiger partial charge < -0.3 is 9.82 Å². The van der Waals surface area contributed by atoms with Gasteiger partial charge in [0.2, 0.25) is 5.56 Å². The van der Waals surface area contributed by atoms with E-state index in [1.165, 1.54) is 6.07 Å². The van der Waals surface area contributed by atoms with Crippen LogP contribution in [-0.2, 0) is 11.2 Å². The second-order valence-electron chi connectivity index (χ2n) is 3.48. The molecule has 3 rings (SSSR count). The Morgan fingerprint density at radius 2 is 2.06 bits per heavy atom. The van der Waals surface area contributed by atoms with Gasteiger partial charge in [-0.15, -0.1) is 0 Å². The van der Waals surface area contributed by atoms with Crippen LogP contribution in [0.25, 0.3) is 0 Å². The van der Waals surface area contributed by atoms with Gasteiger partial charge in [-0.2, -0.15) is 5.48 Å². The smallest absolute Gasteiger partial charge is 0.258 e. The highest BCUT2D eigenvalue weighted by Crippen LogP contribution is 2.17. The van der Waals surface area contributed by atoms with Crippen LogP contribution in [0, 0.1) is 0 Å². The fourth-order valence-electron chi connectivity index (χ4n) is 1.33. The summed E-state index contributed by atoms with van der Waals surface area (Å²) in [4.78, 5) is 32.3. The third kappa shape index (κ3) is 3.18. The van der Waals surface area contributed by atoms with Crippen LogP contribution in [0.3, 0.4) is 0 Å². The number of hydroxylamine groups is 1. The van der Waals surface area contributed by atoms with Gasteiger partial charge in [-0.1, -0.05) is 6.07 Å². The zero-order valence-corrected chi connectivity index (χ0v) is 9.42. The number of carbonyl (C=O) groups excluding carboxylic acids is 1. The molecule has 0 aromatic carbocycles. The Labute approximate surface area is 103 Å². The maximum atomic E-state index is 10.7. The quantitative estimate of drug-likeness (QED) is 0.704. The maximum Gasteiger partial charge on any atom is 0.258 e. The van der Waals surface area contributed by atoms with Gasteiger partial charge in [0.05, 0.1) is 12.1 Å². The van der Waals surface area contributed by atoms with E-state index in [4.69, 9.17) is 4.84 Å². The van der Waals surface area contributed by atoms with Crippen molar-refractivity contribution >= 4 is 5.91 Å². The number of carbonyl (C=O) groups is 1. The van der Waals surface area contributed by atoms with Crippen molar-refractivity contribution in [1.82, 2.24) is 15.4 Å². The Bertz CT molecular complexity index is 577. The first-order valence-electron chi connectivity index (χ1n) is 5.29. The molecule has 1 amide bonds. The summed E-state index contributed by atoms with van der Waals surface area (Å²) in [5.41, 5.74) is 2.90. The van der Waals surface area contributed by atoms with E-state index < -0.39 is 0 Å². The summed E-state index contributed by atoms with van der Waals surface area (Å²) in [6.07, 6.45) is 3.54. The molecule has 0 unspecified atom stereocenters. The molecule has 3 heterocycles. The number of aromatic nitrogens is 2. The minimum absolute atomic E-state index is 0.0532. The SMILES string of the molecule is O=C1Cc2ncccc2ON1.O=c1cccc[nH]1. The standard InChI is InChI=1S/C7H6N2O2.C5H5NO/c10-7-4-5-6(11-9-7)2-1-3-8-5;7-5-3-1-2-4-6-5/h1-3H,4H2,(H,9,10);1-4H,(H,6,7). The predicted octanol–water partition coefficient (Wildman–Crippen LogP) is 0.423. The van der Waals surface area contributed by atoms with Crippen LogP contribution < -0.4 is 15.9 Å². The van der Waals surface area contributed by atoms with Crippen LogP contribution >= 0.6 is 0 Å².